The molecule has 0 radical (unpaired) electrons. The summed E-state index contributed by atoms with van der Waals surface area (Å²) in [5, 5.41) is 1.90. The highest BCUT2D eigenvalue weighted by molar-refractivity contribution is 7.98. The number of thiophene rings is 1. The van der Waals surface area contributed by atoms with Crippen molar-refractivity contribution in [3.8, 4) is 0 Å². The highest BCUT2D eigenvalue weighted by Crippen LogP contribution is 2.31. The molecule has 0 fully saturated rings. The van der Waals surface area contributed by atoms with Crippen molar-refractivity contribution < 1.29 is 0 Å². The van der Waals surface area contributed by atoms with Gasteiger partial charge in [-0.3, -0.25) is 4.79 Å². The lowest BCUT2D eigenvalue weighted by molar-refractivity contribution is 0.588. The van der Waals surface area contributed by atoms with Crippen molar-refractivity contribution in [1.29, 1.82) is 0 Å². The van der Waals surface area contributed by atoms with Crippen molar-refractivity contribution in [2.24, 2.45) is 0 Å². The summed E-state index contributed by atoms with van der Waals surface area (Å²) in [6, 6.07) is 8.51. The van der Waals surface area contributed by atoms with Gasteiger partial charge in [0.2, 0.25) is 0 Å². The van der Waals surface area contributed by atoms with Crippen molar-refractivity contribution in [3.05, 3.63) is 57.0 Å². The number of aromatic amines is 1. The number of rotatable bonds is 3. The van der Waals surface area contributed by atoms with E-state index in [1.54, 1.807) is 11.8 Å². The van der Waals surface area contributed by atoms with E-state index in [9.17, 15) is 4.79 Å². The third-order valence-corrected chi connectivity index (χ3v) is 5.85. The van der Waals surface area contributed by atoms with Crippen molar-refractivity contribution in [2.75, 3.05) is 0 Å². The van der Waals surface area contributed by atoms with Gasteiger partial charge in [0, 0.05) is 4.90 Å². The Balaban J connectivity index is 1.86. The van der Waals surface area contributed by atoms with Crippen LogP contribution >= 0.6 is 23.1 Å². The van der Waals surface area contributed by atoms with E-state index in [-0.39, 0.29) is 11.0 Å². The van der Waals surface area contributed by atoms with Crippen LogP contribution in [0.15, 0.2) is 39.3 Å². The second-order valence-electron chi connectivity index (χ2n) is 6.67. The Labute approximate surface area is 144 Å². The average molecular weight is 345 g/mol. The molecule has 0 amide bonds. The molecule has 0 aliphatic heterocycles. The number of hydrogen-bond donors (Lipinski definition) is 1. The Morgan fingerprint density at radius 1 is 1.26 bits per heavy atom. The van der Waals surface area contributed by atoms with Gasteiger partial charge in [-0.2, -0.15) is 0 Å². The van der Waals surface area contributed by atoms with E-state index in [0.29, 0.717) is 10.5 Å². The van der Waals surface area contributed by atoms with E-state index in [1.807, 2.05) is 11.4 Å². The molecule has 5 heteroatoms. The molecule has 0 aliphatic rings. The molecule has 0 bridgehead atoms. The topological polar surface area (TPSA) is 45.8 Å². The summed E-state index contributed by atoms with van der Waals surface area (Å²) in [6.45, 7) is 8.77. The number of benzene rings is 1. The average Bonchev–Trinajstić information content (AvgIpc) is 2.94. The first-order valence-corrected chi connectivity index (χ1v) is 9.41. The maximum Gasteiger partial charge on any atom is 0.268 e. The molecule has 0 atom stereocenters. The largest absolute Gasteiger partial charge is 0.309 e. The summed E-state index contributed by atoms with van der Waals surface area (Å²) < 4.78 is 0.699. The molecular weight excluding hydrogens is 324 g/mol. The SMILES string of the molecule is Cc1ccc(C(C)(C)C)cc1SCc1nc2ccsc2c(=O)[nH]1. The summed E-state index contributed by atoms with van der Waals surface area (Å²) in [6.07, 6.45) is 0. The lowest BCUT2D eigenvalue weighted by atomic mass is 9.87. The standard InChI is InChI=1S/C18H20N2OS2/c1-11-5-6-12(18(2,3)4)9-14(11)23-10-15-19-13-7-8-22-16(13)17(21)20-15/h5-9H,10H2,1-4H3,(H,19,20,21). The van der Waals surface area contributed by atoms with Gasteiger partial charge in [-0.1, -0.05) is 32.9 Å². The summed E-state index contributed by atoms with van der Waals surface area (Å²) in [4.78, 5) is 20.7. The number of thioether (sulfide) groups is 1. The Hall–Kier alpha value is -1.59. The second-order valence-corrected chi connectivity index (χ2v) is 8.60. The van der Waals surface area contributed by atoms with Crippen LogP contribution in [-0.2, 0) is 11.2 Å². The lowest BCUT2D eigenvalue weighted by Gasteiger charge is -2.20. The number of hydrogen-bond acceptors (Lipinski definition) is 4. The number of nitrogens with zero attached hydrogens (tertiary/aromatic N) is 1. The van der Waals surface area contributed by atoms with Crippen LogP contribution in [0, 0.1) is 6.92 Å². The fourth-order valence-electron chi connectivity index (χ4n) is 2.36. The smallest absolute Gasteiger partial charge is 0.268 e. The van der Waals surface area contributed by atoms with Crippen LogP contribution in [-0.4, -0.2) is 9.97 Å². The van der Waals surface area contributed by atoms with Gasteiger partial charge < -0.3 is 4.98 Å². The molecule has 2 aromatic heterocycles. The summed E-state index contributed by atoms with van der Waals surface area (Å²) in [7, 11) is 0. The molecule has 0 spiro atoms. The molecule has 120 valence electrons. The Morgan fingerprint density at radius 3 is 2.78 bits per heavy atom. The lowest BCUT2D eigenvalue weighted by Crippen LogP contribution is -2.11. The van der Waals surface area contributed by atoms with Gasteiger partial charge in [0.1, 0.15) is 10.5 Å². The minimum atomic E-state index is -0.0410. The van der Waals surface area contributed by atoms with E-state index >= 15 is 0 Å². The van der Waals surface area contributed by atoms with Gasteiger partial charge in [-0.05, 0) is 41.0 Å². The zero-order valence-corrected chi connectivity index (χ0v) is 15.4. The Bertz CT molecular complexity index is 903. The third kappa shape index (κ3) is 3.51. The summed E-state index contributed by atoms with van der Waals surface area (Å²) in [5.41, 5.74) is 3.45. The Morgan fingerprint density at radius 2 is 2.04 bits per heavy atom. The van der Waals surface area contributed by atoms with Gasteiger partial charge >= 0.3 is 0 Å². The van der Waals surface area contributed by atoms with Crippen LogP contribution in [0.1, 0.15) is 37.7 Å². The second kappa shape index (κ2) is 6.13. The highest BCUT2D eigenvalue weighted by Gasteiger charge is 2.15. The fourth-order valence-corrected chi connectivity index (χ4v) is 4.02. The molecule has 0 saturated heterocycles. The van der Waals surface area contributed by atoms with Crippen molar-refractivity contribution in [1.82, 2.24) is 9.97 Å². The maximum atomic E-state index is 12.0. The number of fused-ring (bicyclic) bond motifs is 1. The first-order valence-electron chi connectivity index (χ1n) is 7.55. The monoisotopic (exact) mass is 344 g/mol. The van der Waals surface area contributed by atoms with Crippen LogP contribution in [0.5, 0.6) is 0 Å². The highest BCUT2D eigenvalue weighted by atomic mass is 32.2. The quantitative estimate of drug-likeness (QED) is 0.689. The van der Waals surface area contributed by atoms with Crippen molar-refractivity contribution in [3.63, 3.8) is 0 Å². The normalized spacial score (nSPS) is 12.0. The van der Waals surface area contributed by atoms with Gasteiger partial charge in [-0.25, -0.2) is 4.98 Å². The molecular formula is C18H20N2OS2. The van der Waals surface area contributed by atoms with Gasteiger partial charge in [-0.15, -0.1) is 23.1 Å². The number of nitrogens with one attached hydrogen (secondary N) is 1. The molecule has 3 rings (SSSR count). The number of aromatic nitrogens is 2. The molecule has 0 saturated carbocycles. The minimum Gasteiger partial charge on any atom is -0.309 e. The maximum absolute atomic E-state index is 12.0. The van der Waals surface area contributed by atoms with E-state index in [2.05, 4.69) is 55.9 Å². The van der Waals surface area contributed by atoms with Crippen LogP contribution in [0.4, 0.5) is 0 Å². The molecule has 1 aromatic carbocycles. The Kier molecular flexibility index (Phi) is 4.34. The first kappa shape index (κ1) is 16.3. The predicted molar refractivity (Wildman–Crippen MR) is 99.7 cm³/mol. The van der Waals surface area contributed by atoms with Gasteiger partial charge in [0.15, 0.2) is 0 Å². The number of H-pyrrole nitrogens is 1. The molecule has 23 heavy (non-hydrogen) atoms. The van der Waals surface area contributed by atoms with E-state index in [4.69, 9.17) is 0 Å². The molecule has 3 nitrogen and oxygen atoms in total. The van der Waals surface area contributed by atoms with Gasteiger partial charge in [0.25, 0.3) is 5.56 Å². The molecule has 3 aromatic rings. The molecule has 2 heterocycles. The summed E-state index contributed by atoms with van der Waals surface area (Å²) in [5.74, 6) is 1.39. The fraction of sp³-hybridized carbons (Fsp3) is 0.333. The molecule has 0 aliphatic carbocycles. The van der Waals surface area contributed by atoms with Crippen LogP contribution < -0.4 is 5.56 Å². The van der Waals surface area contributed by atoms with Crippen LogP contribution in [0.3, 0.4) is 0 Å². The predicted octanol–water partition coefficient (Wildman–Crippen LogP) is 4.88. The zero-order chi connectivity index (χ0) is 16.6. The van der Waals surface area contributed by atoms with Crippen LogP contribution in [0.25, 0.3) is 10.2 Å². The van der Waals surface area contributed by atoms with E-state index in [0.717, 1.165) is 11.3 Å². The first-order chi connectivity index (χ1) is 10.8. The van der Waals surface area contributed by atoms with E-state index < -0.39 is 0 Å². The van der Waals surface area contributed by atoms with Crippen molar-refractivity contribution in [2.45, 2.75) is 43.8 Å². The molecule has 0 unspecified atom stereocenters. The minimum absolute atomic E-state index is 0.0410. The van der Waals surface area contributed by atoms with Crippen LogP contribution in [0.2, 0.25) is 0 Å². The number of aryl methyl sites for hydroxylation is 1. The zero-order valence-electron chi connectivity index (χ0n) is 13.8. The van der Waals surface area contributed by atoms with Gasteiger partial charge in [0.05, 0.1) is 11.3 Å². The summed E-state index contributed by atoms with van der Waals surface area (Å²) >= 11 is 3.15. The molecule has 1 N–H and O–H groups in total. The van der Waals surface area contributed by atoms with Crippen molar-refractivity contribution >= 4 is 33.3 Å². The van der Waals surface area contributed by atoms with E-state index in [1.165, 1.54) is 27.4 Å². The third-order valence-electron chi connectivity index (χ3n) is 3.78.